The van der Waals surface area contributed by atoms with Gasteiger partial charge in [-0.2, -0.15) is 0 Å². The van der Waals surface area contributed by atoms with Gasteiger partial charge < -0.3 is 4.57 Å². The van der Waals surface area contributed by atoms with E-state index < -0.39 is 9.84 Å². The van der Waals surface area contributed by atoms with Crippen molar-refractivity contribution in [2.24, 2.45) is 5.41 Å². The van der Waals surface area contributed by atoms with Crippen molar-refractivity contribution in [2.75, 3.05) is 5.75 Å². The molecular weight excluding hydrogens is 212 g/mol. The Kier molecular flexibility index (Phi) is 2.22. The number of hydrogen-bond acceptors (Lipinski definition) is 3. The molecule has 4 nitrogen and oxygen atoms in total. The van der Waals surface area contributed by atoms with Gasteiger partial charge in [0.2, 0.25) is 0 Å². The average Bonchev–Trinajstić information content (AvgIpc) is 2.69. The van der Waals surface area contributed by atoms with E-state index in [-0.39, 0.29) is 11.2 Å². The van der Waals surface area contributed by atoms with E-state index in [1.165, 1.54) is 0 Å². The molecule has 0 aliphatic carbocycles. The zero-order valence-electron chi connectivity index (χ0n) is 8.84. The molecule has 2 rings (SSSR count). The van der Waals surface area contributed by atoms with Gasteiger partial charge in [-0.25, -0.2) is 13.4 Å². The molecule has 0 N–H and O–H groups in total. The number of aromatic nitrogens is 2. The van der Waals surface area contributed by atoms with Crippen molar-refractivity contribution in [1.82, 2.24) is 9.55 Å². The third-order valence-electron chi connectivity index (χ3n) is 2.79. The number of imidazole rings is 1. The van der Waals surface area contributed by atoms with Gasteiger partial charge in [-0.3, -0.25) is 0 Å². The zero-order valence-corrected chi connectivity index (χ0v) is 9.66. The van der Waals surface area contributed by atoms with E-state index in [1.807, 2.05) is 13.8 Å². The van der Waals surface area contributed by atoms with Crippen LogP contribution in [0.25, 0.3) is 6.20 Å². The highest BCUT2D eigenvalue weighted by Crippen LogP contribution is 2.41. The van der Waals surface area contributed by atoms with Crippen molar-refractivity contribution in [3.05, 3.63) is 23.6 Å². The molecule has 1 aromatic heterocycles. The number of nitrogens with zero attached hydrogens (tertiary/aromatic N) is 2. The van der Waals surface area contributed by atoms with Crippen LogP contribution in [0.5, 0.6) is 0 Å². The van der Waals surface area contributed by atoms with Gasteiger partial charge in [0.05, 0.1) is 17.0 Å². The molecule has 15 heavy (non-hydrogen) atoms. The maximum Gasteiger partial charge on any atom is 0.176 e. The molecular formula is C10H14N2O2S. The molecule has 1 aliphatic rings. The van der Waals surface area contributed by atoms with Gasteiger partial charge in [0.15, 0.2) is 9.84 Å². The first-order chi connectivity index (χ1) is 6.92. The average molecular weight is 226 g/mol. The van der Waals surface area contributed by atoms with E-state index in [0.29, 0.717) is 11.3 Å². The molecule has 0 saturated carbocycles. The van der Waals surface area contributed by atoms with Gasteiger partial charge in [0.1, 0.15) is 0 Å². The van der Waals surface area contributed by atoms with Gasteiger partial charge in [-0.1, -0.05) is 13.8 Å². The molecule has 1 fully saturated rings. The highest BCUT2D eigenvalue weighted by atomic mass is 32.2. The van der Waals surface area contributed by atoms with E-state index in [0.717, 1.165) is 0 Å². The quantitative estimate of drug-likeness (QED) is 0.729. The van der Waals surface area contributed by atoms with Crippen molar-refractivity contribution in [2.45, 2.75) is 20.3 Å². The van der Waals surface area contributed by atoms with Crippen LogP contribution in [-0.4, -0.2) is 23.7 Å². The van der Waals surface area contributed by atoms with E-state index in [1.54, 1.807) is 29.5 Å². The van der Waals surface area contributed by atoms with Crippen molar-refractivity contribution < 1.29 is 8.42 Å². The highest BCUT2D eigenvalue weighted by Gasteiger charge is 2.40. The molecule has 0 bridgehead atoms. The molecule has 82 valence electrons. The standard InChI is InChI=1S/C10H14N2O2S/c1-10(2)3-6-15(13,14)9(10)7-12-5-4-11-8-12/h4-5,7-8H,3,6H2,1-2H3. The first kappa shape index (κ1) is 10.4. The predicted molar refractivity (Wildman–Crippen MR) is 58.7 cm³/mol. The number of sulfone groups is 1. The molecule has 0 atom stereocenters. The van der Waals surface area contributed by atoms with Crippen LogP contribution in [0.2, 0.25) is 0 Å². The smallest absolute Gasteiger partial charge is 0.176 e. The van der Waals surface area contributed by atoms with E-state index in [2.05, 4.69) is 4.98 Å². The van der Waals surface area contributed by atoms with Crippen LogP contribution < -0.4 is 0 Å². The second kappa shape index (κ2) is 3.20. The monoisotopic (exact) mass is 226 g/mol. The number of hydrogen-bond donors (Lipinski definition) is 0. The van der Waals surface area contributed by atoms with Crippen molar-refractivity contribution in [1.29, 1.82) is 0 Å². The Bertz CT molecular complexity index is 484. The molecule has 0 aromatic carbocycles. The van der Waals surface area contributed by atoms with Crippen molar-refractivity contribution >= 4 is 16.0 Å². The van der Waals surface area contributed by atoms with Crippen LogP contribution in [0.4, 0.5) is 0 Å². The van der Waals surface area contributed by atoms with Gasteiger partial charge in [-0.15, -0.1) is 0 Å². The Morgan fingerprint density at radius 1 is 1.53 bits per heavy atom. The van der Waals surface area contributed by atoms with Gasteiger partial charge >= 0.3 is 0 Å². The summed E-state index contributed by atoms with van der Waals surface area (Å²) >= 11 is 0. The fourth-order valence-corrected chi connectivity index (χ4v) is 4.01. The minimum absolute atomic E-state index is 0.251. The summed E-state index contributed by atoms with van der Waals surface area (Å²) in [5, 5.41) is 0. The van der Waals surface area contributed by atoms with Crippen molar-refractivity contribution in [3.63, 3.8) is 0 Å². The normalized spacial score (nSPS) is 25.9. The lowest BCUT2D eigenvalue weighted by molar-refractivity contribution is 0.473. The molecule has 0 unspecified atom stereocenters. The molecule has 1 aromatic rings. The largest absolute Gasteiger partial charge is 0.312 e. The first-order valence-corrected chi connectivity index (χ1v) is 6.49. The predicted octanol–water partition coefficient (Wildman–Crippen LogP) is 1.53. The fourth-order valence-electron chi connectivity index (χ4n) is 1.78. The van der Waals surface area contributed by atoms with Crippen LogP contribution in [0, 0.1) is 5.41 Å². The molecule has 1 aliphatic heterocycles. The number of rotatable bonds is 1. The lowest BCUT2D eigenvalue weighted by Gasteiger charge is -2.17. The molecule has 1 saturated heterocycles. The Hall–Kier alpha value is -1.10. The molecule has 5 heteroatoms. The Labute approximate surface area is 89.6 Å². The van der Waals surface area contributed by atoms with Crippen LogP contribution >= 0.6 is 0 Å². The van der Waals surface area contributed by atoms with Gasteiger partial charge in [-0.05, 0) is 6.42 Å². The summed E-state index contributed by atoms with van der Waals surface area (Å²) < 4.78 is 25.3. The summed E-state index contributed by atoms with van der Waals surface area (Å²) in [6.07, 6.45) is 7.31. The minimum atomic E-state index is -3.06. The first-order valence-electron chi connectivity index (χ1n) is 4.84. The third kappa shape index (κ3) is 1.84. The minimum Gasteiger partial charge on any atom is -0.312 e. The summed E-state index contributed by atoms with van der Waals surface area (Å²) in [6.45, 7) is 3.92. The molecule has 0 spiro atoms. The van der Waals surface area contributed by atoms with Crippen LogP contribution in [0.3, 0.4) is 0 Å². The fraction of sp³-hybridized carbons (Fsp3) is 0.500. The van der Waals surface area contributed by atoms with Gasteiger partial charge in [0, 0.05) is 24.0 Å². The Morgan fingerprint density at radius 3 is 2.73 bits per heavy atom. The van der Waals surface area contributed by atoms with E-state index in [4.69, 9.17) is 0 Å². The summed E-state index contributed by atoms with van der Waals surface area (Å²) in [5.41, 5.74) is -0.261. The second-order valence-electron chi connectivity index (χ2n) is 4.46. The second-order valence-corrected chi connectivity index (χ2v) is 6.53. The zero-order chi connectivity index (χ0) is 11.1. The highest BCUT2D eigenvalue weighted by molar-refractivity contribution is 7.95. The maximum absolute atomic E-state index is 11.8. The van der Waals surface area contributed by atoms with Crippen LogP contribution in [-0.2, 0) is 9.84 Å². The van der Waals surface area contributed by atoms with E-state index >= 15 is 0 Å². The maximum atomic E-state index is 11.8. The summed E-state index contributed by atoms with van der Waals surface area (Å²) in [6, 6.07) is 0. The molecule has 0 amide bonds. The van der Waals surface area contributed by atoms with Crippen LogP contribution in [0.1, 0.15) is 20.3 Å². The molecule has 0 radical (unpaired) electrons. The Morgan fingerprint density at radius 2 is 2.27 bits per heavy atom. The lowest BCUT2D eigenvalue weighted by Crippen LogP contribution is -2.11. The van der Waals surface area contributed by atoms with Crippen molar-refractivity contribution in [3.8, 4) is 0 Å². The lowest BCUT2D eigenvalue weighted by atomic mass is 9.90. The summed E-state index contributed by atoms with van der Waals surface area (Å²) in [4.78, 5) is 4.39. The molecule has 2 heterocycles. The number of allylic oxidation sites excluding steroid dienone is 1. The third-order valence-corrected chi connectivity index (χ3v) is 4.86. The SMILES string of the molecule is CC1(C)CCS(=O)(=O)C1=Cn1ccnc1. The van der Waals surface area contributed by atoms with Gasteiger partial charge in [0.25, 0.3) is 0 Å². The van der Waals surface area contributed by atoms with E-state index in [9.17, 15) is 8.42 Å². The summed E-state index contributed by atoms with van der Waals surface area (Å²) in [7, 11) is -3.06. The summed E-state index contributed by atoms with van der Waals surface area (Å²) in [5.74, 6) is 0.251. The topological polar surface area (TPSA) is 52.0 Å². The van der Waals surface area contributed by atoms with Crippen LogP contribution in [0.15, 0.2) is 23.6 Å². The Balaban J connectivity index is 2.50.